The number of benzene rings is 3. The maximum atomic E-state index is 13.3. The second-order valence-electron chi connectivity index (χ2n) is 9.44. The van der Waals surface area contributed by atoms with Gasteiger partial charge in [0.1, 0.15) is 11.5 Å². The minimum Gasteiger partial charge on any atom is -0.507 e. The van der Waals surface area contributed by atoms with E-state index in [1.807, 2.05) is 79.7 Å². The maximum absolute atomic E-state index is 13.3. The Bertz CT molecular complexity index is 1270. The van der Waals surface area contributed by atoms with Gasteiger partial charge in [-0.1, -0.05) is 67.9 Å². The summed E-state index contributed by atoms with van der Waals surface area (Å²) < 4.78 is 5.80. The molecule has 192 valence electrons. The average molecular weight is 499 g/mol. The summed E-state index contributed by atoms with van der Waals surface area (Å²) in [7, 11) is 3.91. The number of rotatable bonds is 10. The van der Waals surface area contributed by atoms with Gasteiger partial charge in [0.15, 0.2) is 0 Å². The topological polar surface area (TPSA) is 70.1 Å². The van der Waals surface area contributed by atoms with Gasteiger partial charge in [0.25, 0.3) is 11.7 Å². The number of aliphatic hydroxyl groups excluding tert-OH is 1. The molecular formula is C31H34N2O4. The van der Waals surface area contributed by atoms with Crippen molar-refractivity contribution in [3.63, 3.8) is 0 Å². The second-order valence-corrected chi connectivity index (χ2v) is 9.44. The van der Waals surface area contributed by atoms with Gasteiger partial charge in [-0.25, -0.2) is 0 Å². The Balaban J connectivity index is 1.74. The number of anilines is 1. The number of amides is 1. The molecule has 1 atom stereocenters. The quantitative estimate of drug-likeness (QED) is 0.171. The second kappa shape index (κ2) is 11.8. The first-order valence-corrected chi connectivity index (χ1v) is 12.7. The summed E-state index contributed by atoms with van der Waals surface area (Å²) in [6.07, 6.45) is 2.53. The monoisotopic (exact) mass is 498 g/mol. The lowest BCUT2D eigenvalue weighted by Crippen LogP contribution is -2.31. The van der Waals surface area contributed by atoms with Crippen LogP contribution in [0.2, 0.25) is 0 Å². The molecule has 0 bridgehead atoms. The van der Waals surface area contributed by atoms with Crippen LogP contribution in [0.25, 0.3) is 5.76 Å². The van der Waals surface area contributed by atoms with Crippen LogP contribution in [0.4, 0.5) is 5.69 Å². The number of carbonyl (C=O) groups excluding carboxylic acids is 2. The van der Waals surface area contributed by atoms with Crippen LogP contribution in [0.15, 0.2) is 84.4 Å². The molecule has 1 fully saturated rings. The Morgan fingerprint density at radius 2 is 1.70 bits per heavy atom. The van der Waals surface area contributed by atoms with Crippen molar-refractivity contribution in [1.82, 2.24) is 4.90 Å². The van der Waals surface area contributed by atoms with Gasteiger partial charge in [-0.05, 0) is 48.2 Å². The van der Waals surface area contributed by atoms with Crippen LogP contribution < -0.4 is 9.64 Å². The number of nitrogens with zero attached hydrogens (tertiary/aromatic N) is 2. The van der Waals surface area contributed by atoms with Crippen molar-refractivity contribution in [2.24, 2.45) is 0 Å². The van der Waals surface area contributed by atoms with Crippen molar-refractivity contribution in [3.05, 3.63) is 101 Å². The lowest BCUT2D eigenvalue weighted by Gasteiger charge is -2.26. The summed E-state index contributed by atoms with van der Waals surface area (Å²) >= 11 is 0. The Kier molecular flexibility index (Phi) is 8.29. The summed E-state index contributed by atoms with van der Waals surface area (Å²) in [5.74, 6) is -0.857. The molecule has 6 heteroatoms. The fourth-order valence-corrected chi connectivity index (χ4v) is 4.53. The fourth-order valence-electron chi connectivity index (χ4n) is 4.53. The number of Topliss-reactive ketones (excluding diaryl/α,β-unsaturated/α-hetero) is 1. The minimum atomic E-state index is -0.690. The van der Waals surface area contributed by atoms with E-state index in [1.54, 1.807) is 23.1 Å². The molecule has 1 amide bonds. The minimum absolute atomic E-state index is 0.0985. The van der Waals surface area contributed by atoms with E-state index in [4.69, 9.17) is 4.74 Å². The van der Waals surface area contributed by atoms with Crippen molar-refractivity contribution in [1.29, 1.82) is 0 Å². The van der Waals surface area contributed by atoms with Gasteiger partial charge >= 0.3 is 0 Å². The Hall–Kier alpha value is -4.06. The number of hydrogen-bond donors (Lipinski definition) is 1. The summed E-state index contributed by atoms with van der Waals surface area (Å²) in [6.45, 7) is 3.02. The Morgan fingerprint density at radius 1 is 0.973 bits per heavy atom. The highest BCUT2D eigenvalue weighted by Gasteiger charge is 2.45. The number of aliphatic hydroxyl groups is 1. The van der Waals surface area contributed by atoms with E-state index in [9.17, 15) is 14.7 Å². The lowest BCUT2D eigenvalue weighted by molar-refractivity contribution is -0.139. The van der Waals surface area contributed by atoms with Gasteiger partial charge in [0.2, 0.25) is 0 Å². The summed E-state index contributed by atoms with van der Waals surface area (Å²) in [5, 5.41) is 11.4. The van der Waals surface area contributed by atoms with Crippen molar-refractivity contribution < 1.29 is 19.4 Å². The Morgan fingerprint density at radius 3 is 2.38 bits per heavy atom. The van der Waals surface area contributed by atoms with Gasteiger partial charge < -0.3 is 19.6 Å². The van der Waals surface area contributed by atoms with Gasteiger partial charge in [-0.2, -0.15) is 0 Å². The normalized spacial score (nSPS) is 16.7. The van der Waals surface area contributed by atoms with Crippen LogP contribution in [0.1, 0.15) is 42.5 Å². The van der Waals surface area contributed by atoms with E-state index in [-0.39, 0.29) is 11.3 Å². The van der Waals surface area contributed by atoms with Crippen LogP contribution >= 0.6 is 0 Å². The van der Waals surface area contributed by atoms with Gasteiger partial charge in [-0.3, -0.25) is 9.59 Å². The van der Waals surface area contributed by atoms with Crippen molar-refractivity contribution >= 4 is 23.1 Å². The molecule has 0 aromatic heterocycles. The predicted molar refractivity (Wildman–Crippen MR) is 147 cm³/mol. The molecule has 1 N–H and O–H groups in total. The zero-order valence-corrected chi connectivity index (χ0v) is 21.7. The highest BCUT2D eigenvalue weighted by atomic mass is 16.5. The molecule has 3 aromatic rings. The van der Waals surface area contributed by atoms with Crippen LogP contribution in [-0.2, 0) is 16.0 Å². The average Bonchev–Trinajstić information content (AvgIpc) is 3.17. The van der Waals surface area contributed by atoms with Crippen molar-refractivity contribution in [2.45, 2.75) is 32.2 Å². The molecule has 0 radical (unpaired) electrons. The molecule has 0 spiro atoms. The van der Waals surface area contributed by atoms with Crippen LogP contribution in [0.3, 0.4) is 0 Å². The zero-order valence-electron chi connectivity index (χ0n) is 21.7. The van der Waals surface area contributed by atoms with Gasteiger partial charge in [0, 0.05) is 31.9 Å². The van der Waals surface area contributed by atoms with Crippen LogP contribution in [0.5, 0.6) is 5.75 Å². The van der Waals surface area contributed by atoms with Crippen LogP contribution in [0, 0.1) is 0 Å². The molecule has 0 saturated carbocycles. The summed E-state index contributed by atoms with van der Waals surface area (Å²) in [4.78, 5) is 30.2. The molecule has 0 aliphatic carbocycles. The van der Waals surface area contributed by atoms with E-state index in [1.165, 1.54) is 0 Å². The SMILES string of the molecule is CCCCOc1cccc(/C(O)=C2\C(=O)C(=O)N(CCc3ccccc3)C2c2ccc(N(C)C)cc2)c1. The fraction of sp³-hybridized carbons (Fsp3) is 0.290. The molecule has 37 heavy (non-hydrogen) atoms. The third kappa shape index (κ3) is 5.85. The smallest absolute Gasteiger partial charge is 0.295 e. The zero-order chi connectivity index (χ0) is 26.4. The number of hydrogen-bond acceptors (Lipinski definition) is 5. The first-order valence-electron chi connectivity index (χ1n) is 12.7. The highest BCUT2D eigenvalue weighted by molar-refractivity contribution is 6.46. The molecular weight excluding hydrogens is 464 g/mol. The van der Waals surface area contributed by atoms with E-state index >= 15 is 0 Å². The highest BCUT2D eigenvalue weighted by Crippen LogP contribution is 2.40. The number of unbranched alkanes of at least 4 members (excludes halogenated alkanes) is 1. The number of ether oxygens (including phenoxy) is 1. The van der Waals surface area contributed by atoms with Gasteiger partial charge in [0.05, 0.1) is 18.2 Å². The summed E-state index contributed by atoms with van der Waals surface area (Å²) in [6, 6.07) is 24.0. The standard InChI is InChI=1S/C31H34N2O4/c1-4-5-20-37-26-13-9-12-24(21-26)29(34)27-28(23-14-16-25(17-15-23)32(2)3)33(31(36)30(27)35)19-18-22-10-7-6-8-11-22/h6-17,21,28,34H,4-5,18-20H2,1-3H3/b29-27+. The molecule has 1 aliphatic rings. The molecule has 1 saturated heterocycles. The first-order chi connectivity index (χ1) is 17.9. The molecule has 6 nitrogen and oxygen atoms in total. The number of carbonyl (C=O) groups is 2. The third-order valence-corrected chi connectivity index (χ3v) is 6.62. The van der Waals surface area contributed by atoms with Crippen molar-refractivity contribution in [2.75, 3.05) is 32.1 Å². The first kappa shape index (κ1) is 26.0. The number of ketones is 1. The maximum Gasteiger partial charge on any atom is 0.295 e. The predicted octanol–water partition coefficient (Wildman–Crippen LogP) is 5.60. The lowest BCUT2D eigenvalue weighted by atomic mass is 9.95. The van der Waals surface area contributed by atoms with E-state index in [0.29, 0.717) is 30.9 Å². The molecule has 4 rings (SSSR count). The largest absolute Gasteiger partial charge is 0.507 e. The van der Waals surface area contributed by atoms with Crippen molar-refractivity contribution in [3.8, 4) is 5.75 Å². The molecule has 3 aromatic carbocycles. The van der Waals surface area contributed by atoms with E-state index in [2.05, 4.69) is 6.92 Å². The Labute approximate surface area is 218 Å². The van der Waals surface area contributed by atoms with E-state index < -0.39 is 17.7 Å². The van der Waals surface area contributed by atoms with Gasteiger partial charge in [-0.15, -0.1) is 0 Å². The van der Waals surface area contributed by atoms with E-state index in [0.717, 1.165) is 29.7 Å². The number of likely N-dealkylation sites (tertiary alicyclic amines) is 1. The summed E-state index contributed by atoms with van der Waals surface area (Å²) in [5.41, 5.74) is 3.39. The molecule has 1 aliphatic heterocycles. The molecule has 1 unspecified atom stereocenters. The third-order valence-electron chi connectivity index (χ3n) is 6.62. The van der Waals surface area contributed by atoms with Crippen LogP contribution in [-0.4, -0.2) is 48.9 Å². The molecule has 1 heterocycles.